The third kappa shape index (κ3) is 5.01. The van der Waals surface area contributed by atoms with Gasteiger partial charge in [0.2, 0.25) is 0 Å². The number of carbonyl (C=O) groups is 1. The monoisotopic (exact) mass is 463 g/mol. The number of hydrogen-bond acceptors (Lipinski definition) is 7. The predicted molar refractivity (Wildman–Crippen MR) is 115 cm³/mol. The summed E-state index contributed by atoms with van der Waals surface area (Å²) in [7, 11) is -3.83. The molecule has 0 saturated heterocycles. The van der Waals surface area contributed by atoms with Crippen molar-refractivity contribution in [2.24, 2.45) is 0 Å². The lowest BCUT2D eigenvalue weighted by atomic mass is 10.0. The van der Waals surface area contributed by atoms with Gasteiger partial charge in [0.15, 0.2) is 9.84 Å². The highest BCUT2D eigenvalue weighted by molar-refractivity contribution is 7.92. The van der Waals surface area contributed by atoms with Gasteiger partial charge in [0.25, 0.3) is 11.5 Å². The van der Waals surface area contributed by atoms with Gasteiger partial charge in [-0.1, -0.05) is 24.3 Å². The van der Waals surface area contributed by atoms with Crippen LogP contribution < -0.4 is 11.0 Å². The van der Waals surface area contributed by atoms with Gasteiger partial charge in [0.1, 0.15) is 11.1 Å². The van der Waals surface area contributed by atoms with Crippen LogP contribution in [0.5, 0.6) is 0 Å². The van der Waals surface area contributed by atoms with Crippen LogP contribution in [0.3, 0.4) is 0 Å². The molecule has 170 valence electrons. The van der Waals surface area contributed by atoms with Crippen molar-refractivity contribution in [2.75, 3.05) is 12.9 Å². The van der Waals surface area contributed by atoms with Crippen molar-refractivity contribution >= 4 is 26.6 Å². The number of sulfone groups is 1. The number of hydroxylamine groups is 1. The summed E-state index contributed by atoms with van der Waals surface area (Å²) < 4.78 is 39.5. The SMILES string of the molecule is CS(=O)(=O)[C@H](CCn1cnc2cc(-c3ccc(CCO)cc3)c(F)cc2c1=O)C(=O)NO. The molecule has 1 heterocycles. The molecule has 0 aliphatic heterocycles. The zero-order valence-corrected chi connectivity index (χ0v) is 18.0. The first kappa shape index (κ1) is 23.5. The highest BCUT2D eigenvalue weighted by atomic mass is 32.2. The van der Waals surface area contributed by atoms with E-state index >= 15 is 0 Å². The molecule has 0 saturated carbocycles. The zero-order chi connectivity index (χ0) is 23.5. The van der Waals surface area contributed by atoms with Gasteiger partial charge in [0.05, 0.1) is 17.2 Å². The van der Waals surface area contributed by atoms with Crippen molar-refractivity contribution in [2.45, 2.75) is 24.6 Å². The Balaban J connectivity index is 1.93. The van der Waals surface area contributed by atoms with Crippen LogP contribution in [0.2, 0.25) is 0 Å². The van der Waals surface area contributed by atoms with Gasteiger partial charge >= 0.3 is 0 Å². The second-order valence-corrected chi connectivity index (χ2v) is 9.57. The second kappa shape index (κ2) is 9.55. The number of amides is 1. The van der Waals surface area contributed by atoms with Gasteiger partial charge in [-0.15, -0.1) is 0 Å². The molecular weight excluding hydrogens is 441 g/mol. The number of fused-ring (bicyclic) bond motifs is 1. The van der Waals surface area contributed by atoms with Crippen molar-refractivity contribution in [1.29, 1.82) is 0 Å². The number of halogens is 1. The summed E-state index contributed by atoms with van der Waals surface area (Å²) in [5.41, 5.74) is 2.73. The summed E-state index contributed by atoms with van der Waals surface area (Å²) in [6, 6.07) is 9.52. The third-order valence-corrected chi connectivity index (χ3v) is 6.61. The molecule has 0 fully saturated rings. The maximum absolute atomic E-state index is 14.8. The molecule has 3 aromatic rings. The lowest BCUT2D eigenvalue weighted by Crippen LogP contribution is -2.39. The summed E-state index contributed by atoms with van der Waals surface area (Å²) in [5, 5.41) is 16.2. The first-order valence-electron chi connectivity index (χ1n) is 9.67. The smallest absolute Gasteiger partial charge is 0.261 e. The summed E-state index contributed by atoms with van der Waals surface area (Å²) >= 11 is 0. The van der Waals surface area contributed by atoms with Crippen LogP contribution in [-0.2, 0) is 27.6 Å². The molecule has 32 heavy (non-hydrogen) atoms. The fourth-order valence-corrected chi connectivity index (χ4v) is 4.38. The Hall–Kier alpha value is -3.15. The van der Waals surface area contributed by atoms with Gasteiger partial charge in [-0.25, -0.2) is 23.3 Å². The van der Waals surface area contributed by atoms with E-state index in [0.717, 1.165) is 22.5 Å². The molecule has 0 unspecified atom stereocenters. The summed E-state index contributed by atoms with van der Waals surface area (Å²) in [6.07, 6.45) is 2.26. The van der Waals surface area contributed by atoms with Crippen LogP contribution in [-0.4, -0.2) is 52.3 Å². The van der Waals surface area contributed by atoms with E-state index in [1.807, 2.05) is 0 Å². The topological polar surface area (TPSA) is 139 Å². The van der Waals surface area contributed by atoms with Crippen molar-refractivity contribution in [1.82, 2.24) is 15.0 Å². The quantitative estimate of drug-likeness (QED) is 0.335. The van der Waals surface area contributed by atoms with Crippen LogP contribution in [0, 0.1) is 5.82 Å². The fraction of sp³-hybridized carbons (Fsp3) is 0.286. The number of nitrogens with zero attached hydrogens (tertiary/aromatic N) is 2. The van der Waals surface area contributed by atoms with E-state index < -0.39 is 32.4 Å². The zero-order valence-electron chi connectivity index (χ0n) is 17.2. The Labute approximate surface area is 183 Å². The van der Waals surface area contributed by atoms with Gasteiger partial charge in [0, 0.05) is 25.0 Å². The fourth-order valence-electron chi connectivity index (χ4n) is 3.41. The Kier molecular flexibility index (Phi) is 7.02. The average molecular weight is 463 g/mol. The number of aromatic nitrogens is 2. The number of nitrogens with one attached hydrogen (secondary N) is 1. The largest absolute Gasteiger partial charge is 0.396 e. The minimum atomic E-state index is -3.83. The van der Waals surface area contributed by atoms with E-state index in [2.05, 4.69) is 4.98 Å². The van der Waals surface area contributed by atoms with Crippen LogP contribution in [0.25, 0.3) is 22.0 Å². The number of aryl methyl sites for hydroxylation is 1. The molecule has 0 bridgehead atoms. The normalized spacial score (nSPS) is 12.6. The van der Waals surface area contributed by atoms with E-state index in [-0.39, 0.29) is 36.0 Å². The van der Waals surface area contributed by atoms with Gasteiger partial charge in [-0.3, -0.25) is 19.4 Å². The third-order valence-electron chi connectivity index (χ3n) is 5.13. The molecule has 3 N–H and O–H groups in total. The Morgan fingerprint density at radius 1 is 1.25 bits per heavy atom. The first-order valence-corrected chi connectivity index (χ1v) is 11.6. The summed E-state index contributed by atoms with van der Waals surface area (Å²) in [4.78, 5) is 28.6. The van der Waals surface area contributed by atoms with Crippen LogP contribution >= 0.6 is 0 Å². The van der Waals surface area contributed by atoms with Crippen LogP contribution in [0.15, 0.2) is 47.5 Å². The molecular formula is C21H22FN3O6S. The number of hydrogen-bond donors (Lipinski definition) is 3. The highest BCUT2D eigenvalue weighted by Crippen LogP contribution is 2.26. The van der Waals surface area contributed by atoms with E-state index in [0.29, 0.717) is 12.0 Å². The van der Waals surface area contributed by atoms with Crippen molar-refractivity contribution in [3.05, 3.63) is 64.5 Å². The maximum Gasteiger partial charge on any atom is 0.261 e. The molecule has 1 aromatic heterocycles. The minimum Gasteiger partial charge on any atom is -0.396 e. The summed E-state index contributed by atoms with van der Waals surface area (Å²) in [5.74, 6) is -1.73. The number of carbonyl (C=O) groups excluding carboxylic acids is 1. The lowest BCUT2D eigenvalue weighted by molar-refractivity contribution is -0.128. The molecule has 1 amide bonds. The van der Waals surface area contributed by atoms with Crippen LogP contribution in [0.4, 0.5) is 4.39 Å². The van der Waals surface area contributed by atoms with Gasteiger partial charge in [-0.05, 0) is 36.1 Å². The van der Waals surface area contributed by atoms with E-state index in [1.165, 1.54) is 17.9 Å². The average Bonchev–Trinajstić information content (AvgIpc) is 2.75. The first-order chi connectivity index (χ1) is 15.2. The van der Waals surface area contributed by atoms with Crippen molar-refractivity contribution < 1.29 is 27.9 Å². The van der Waals surface area contributed by atoms with Crippen molar-refractivity contribution in [3.8, 4) is 11.1 Å². The van der Waals surface area contributed by atoms with Gasteiger partial charge < -0.3 is 5.11 Å². The Morgan fingerprint density at radius 3 is 2.53 bits per heavy atom. The standard InChI is InChI=1S/C21H22FN3O6S/c1-32(30,31)19(20(27)24-29)6-8-25-12-23-18-11-15(17(22)10-16(18)21(25)28)14-4-2-13(3-5-14)7-9-26/h2-5,10-12,19,26,29H,6-9H2,1H3,(H,24,27)/t19-/m1/s1. The van der Waals surface area contributed by atoms with E-state index in [1.54, 1.807) is 24.3 Å². The van der Waals surface area contributed by atoms with E-state index in [4.69, 9.17) is 10.3 Å². The van der Waals surface area contributed by atoms with E-state index in [9.17, 15) is 22.4 Å². The molecule has 2 aromatic carbocycles. The second-order valence-electron chi connectivity index (χ2n) is 7.35. The molecule has 9 nitrogen and oxygen atoms in total. The van der Waals surface area contributed by atoms with Crippen molar-refractivity contribution in [3.63, 3.8) is 0 Å². The summed E-state index contributed by atoms with van der Waals surface area (Å²) in [6.45, 7) is -0.169. The maximum atomic E-state index is 14.8. The number of aliphatic hydroxyl groups excluding tert-OH is 1. The molecule has 0 radical (unpaired) electrons. The van der Waals surface area contributed by atoms with Gasteiger partial charge in [-0.2, -0.15) is 0 Å². The molecule has 0 aliphatic rings. The molecule has 11 heteroatoms. The number of benzene rings is 2. The number of rotatable bonds is 8. The minimum absolute atomic E-state index is 0.00756. The van der Waals surface area contributed by atoms with Crippen LogP contribution in [0.1, 0.15) is 12.0 Å². The highest BCUT2D eigenvalue weighted by Gasteiger charge is 2.28. The molecule has 0 aliphatic carbocycles. The Bertz CT molecular complexity index is 1310. The number of aliphatic hydroxyl groups is 1. The Morgan fingerprint density at radius 2 is 1.94 bits per heavy atom. The lowest BCUT2D eigenvalue weighted by Gasteiger charge is -2.14. The molecule has 3 rings (SSSR count). The molecule has 0 spiro atoms. The predicted octanol–water partition coefficient (Wildman–Crippen LogP) is 1.05. The molecule has 1 atom stereocenters.